The third-order valence-electron chi connectivity index (χ3n) is 4.14. The molecule has 1 heterocycles. The van der Waals surface area contributed by atoms with Crippen LogP contribution in [0.15, 0.2) is 18.2 Å². The number of ether oxygens (including phenoxy) is 1. The van der Waals surface area contributed by atoms with Crippen molar-refractivity contribution in [3.63, 3.8) is 0 Å². The fraction of sp³-hybridized carbons (Fsp3) is 0.588. The van der Waals surface area contributed by atoms with Gasteiger partial charge >= 0.3 is 0 Å². The van der Waals surface area contributed by atoms with Gasteiger partial charge in [0.05, 0.1) is 5.02 Å². The number of carbonyl (C=O) groups is 1. The molecule has 0 radical (unpaired) electrons. The Labute approximate surface area is 153 Å². The Hall–Kier alpha value is -1.01. The second kappa shape index (κ2) is 10.1. The summed E-state index contributed by atoms with van der Waals surface area (Å²) in [4.78, 5) is 16.7. The largest absolute Gasteiger partial charge is 0.482 e. The molecule has 5 nitrogen and oxygen atoms in total. The van der Waals surface area contributed by atoms with E-state index in [0.29, 0.717) is 22.3 Å². The predicted octanol–water partition coefficient (Wildman–Crippen LogP) is 2.52. The van der Waals surface area contributed by atoms with Gasteiger partial charge in [0.2, 0.25) is 0 Å². The van der Waals surface area contributed by atoms with E-state index in [1.54, 1.807) is 18.2 Å². The molecule has 7 heteroatoms. The highest BCUT2D eigenvalue weighted by atomic mass is 35.5. The second-order valence-corrected chi connectivity index (χ2v) is 6.69. The standard InChI is InChI=1S/C17H25Cl2N3O2/c1-2-21-8-10-22(11-9-21)7-3-6-20-17(23)13-24-16-12-14(18)4-5-15(16)19/h4-5,12H,2-3,6-11,13H2,1H3,(H,20,23). The Balaban J connectivity index is 1.58. The Morgan fingerprint density at radius 2 is 1.92 bits per heavy atom. The highest BCUT2D eigenvalue weighted by molar-refractivity contribution is 6.34. The van der Waals surface area contributed by atoms with Crippen LogP contribution >= 0.6 is 23.2 Å². The van der Waals surface area contributed by atoms with E-state index in [-0.39, 0.29) is 12.5 Å². The van der Waals surface area contributed by atoms with Gasteiger partial charge in [-0.05, 0) is 31.6 Å². The number of piperazine rings is 1. The zero-order valence-corrected chi connectivity index (χ0v) is 15.6. The van der Waals surface area contributed by atoms with Crippen LogP contribution in [-0.2, 0) is 4.79 Å². The summed E-state index contributed by atoms with van der Waals surface area (Å²) in [5, 5.41) is 3.84. The summed E-state index contributed by atoms with van der Waals surface area (Å²) in [6.07, 6.45) is 0.940. The van der Waals surface area contributed by atoms with Gasteiger partial charge in [-0.1, -0.05) is 30.1 Å². The first-order valence-electron chi connectivity index (χ1n) is 8.37. The molecule has 0 aliphatic carbocycles. The van der Waals surface area contributed by atoms with Crippen molar-refractivity contribution in [2.75, 3.05) is 52.4 Å². The number of nitrogens with zero attached hydrogens (tertiary/aromatic N) is 2. The molecular formula is C17H25Cl2N3O2. The third-order valence-corrected chi connectivity index (χ3v) is 4.68. The van der Waals surface area contributed by atoms with Gasteiger partial charge < -0.3 is 19.9 Å². The lowest BCUT2D eigenvalue weighted by atomic mass is 10.3. The van der Waals surface area contributed by atoms with Crippen molar-refractivity contribution in [3.05, 3.63) is 28.2 Å². The molecule has 2 rings (SSSR count). The zero-order valence-electron chi connectivity index (χ0n) is 14.1. The van der Waals surface area contributed by atoms with E-state index >= 15 is 0 Å². The van der Waals surface area contributed by atoms with Crippen LogP contribution < -0.4 is 10.1 Å². The molecular weight excluding hydrogens is 349 g/mol. The fourth-order valence-electron chi connectivity index (χ4n) is 2.64. The molecule has 0 bridgehead atoms. The van der Waals surface area contributed by atoms with Gasteiger partial charge in [-0.25, -0.2) is 0 Å². The number of nitrogens with one attached hydrogen (secondary N) is 1. The van der Waals surface area contributed by atoms with Crippen molar-refractivity contribution in [2.24, 2.45) is 0 Å². The smallest absolute Gasteiger partial charge is 0.257 e. The van der Waals surface area contributed by atoms with Crippen LogP contribution in [0.2, 0.25) is 10.0 Å². The summed E-state index contributed by atoms with van der Waals surface area (Å²) >= 11 is 11.9. The summed E-state index contributed by atoms with van der Waals surface area (Å²) in [6, 6.07) is 4.93. The summed E-state index contributed by atoms with van der Waals surface area (Å²) < 4.78 is 5.41. The van der Waals surface area contributed by atoms with E-state index in [1.807, 2.05) is 0 Å². The number of hydrogen-bond acceptors (Lipinski definition) is 4. The van der Waals surface area contributed by atoms with Crippen molar-refractivity contribution in [1.82, 2.24) is 15.1 Å². The van der Waals surface area contributed by atoms with Gasteiger partial charge in [0, 0.05) is 43.8 Å². The maximum absolute atomic E-state index is 11.8. The molecule has 1 aliphatic heterocycles. The van der Waals surface area contributed by atoms with Crippen LogP contribution in [-0.4, -0.2) is 68.1 Å². The monoisotopic (exact) mass is 373 g/mol. The minimum Gasteiger partial charge on any atom is -0.482 e. The topological polar surface area (TPSA) is 44.8 Å². The number of hydrogen-bond donors (Lipinski definition) is 1. The Morgan fingerprint density at radius 3 is 2.62 bits per heavy atom. The molecule has 0 saturated carbocycles. The molecule has 0 atom stereocenters. The average Bonchev–Trinajstić information content (AvgIpc) is 2.60. The SMILES string of the molecule is CCN1CCN(CCCNC(=O)COc2cc(Cl)ccc2Cl)CC1. The molecule has 134 valence electrons. The molecule has 24 heavy (non-hydrogen) atoms. The number of benzene rings is 1. The van der Waals surface area contributed by atoms with Crippen LogP contribution in [0.3, 0.4) is 0 Å². The van der Waals surface area contributed by atoms with Crippen molar-refractivity contribution in [2.45, 2.75) is 13.3 Å². The van der Waals surface area contributed by atoms with Crippen molar-refractivity contribution >= 4 is 29.1 Å². The van der Waals surface area contributed by atoms with Crippen LogP contribution in [0.5, 0.6) is 5.75 Å². The number of halogens is 2. The normalized spacial score (nSPS) is 16.1. The van der Waals surface area contributed by atoms with Crippen LogP contribution in [0.1, 0.15) is 13.3 Å². The molecule has 1 amide bonds. The maximum Gasteiger partial charge on any atom is 0.257 e. The summed E-state index contributed by atoms with van der Waals surface area (Å²) in [5.74, 6) is 0.273. The highest BCUT2D eigenvalue weighted by Crippen LogP contribution is 2.27. The van der Waals surface area contributed by atoms with Crippen LogP contribution in [0.4, 0.5) is 0 Å². The maximum atomic E-state index is 11.8. The highest BCUT2D eigenvalue weighted by Gasteiger charge is 2.14. The van der Waals surface area contributed by atoms with Crippen molar-refractivity contribution in [1.29, 1.82) is 0 Å². The van der Waals surface area contributed by atoms with Crippen LogP contribution in [0, 0.1) is 0 Å². The molecule has 1 aliphatic rings. The summed E-state index contributed by atoms with van der Waals surface area (Å²) in [5.41, 5.74) is 0. The minimum absolute atomic E-state index is 0.0603. The molecule has 0 spiro atoms. The Morgan fingerprint density at radius 1 is 1.21 bits per heavy atom. The van der Waals surface area contributed by atoms with Gasteiger partial charge in [-0.15, -0.1) is 0 Å². The van der Waals surface area contributed by atoms with E-state index in [4.69, 9.17) is 27.9 Å². The Bertz CT molecular complexity index is 535. The Kier molecular flexibility index (Phi) is 8.12. The lowest BCUT2D eigenvalue weighted by Gasteiger charge is -2.33. The molecule has 1 aromatic carbocycles. The molecule has 0 unspecified atom stereocenters. The van der Waals surface area contributed by atoms with E-state index in [0.717, 1.165) is 45.7 Å². The first-order chi connectivity index (χ1) is 11.6. The quantitative estimate of drug-likeness (QED) is 0.711. The summed E-state index contributed by atoms with van der Waals surface area (Å²) in [6.45, 7) is 9.42. The summed E-state index contributed by atoms with van der Waals surface area (Å²) in [7, 11) is 0. The number of carbonyl (C=O) groups excluding carboxylic acids is 1. The van der Waals surface area contributed by atoms with Gasteiger partial charge in [0.15, 0.2) is 6.61 Å². The molecule has 1 fully saturated rings. The van der Waals surface area contributed by atoms with Crippen molar-refractivity contribution in [3.8, 4) is 5.75 Å². The lowest BCUT2D eigenvalue weighted by Crippen LogP contribution is -2.46. The molecule has 1 saturated heterocycles. The lowest BCUT2D eigenvalue weighted by molar-refractivity contribution is -0.123. The predicted molar refractivity (Wildman–Crippen MR) is 98.1 cm³/mol. The second-order valence-electron chi connectivity index (χ2n) is 5.84. The zero-order chi connectivity index (χ0) is 17.4. The number of likely N-dealkylation sites (N-methyl/N-ethyl adjacent to an activating group) is 1. The van der Waals surface area contributed by atoms with Crippen molar-refractivity contribution < 1.29 is 9.53 Å². The molecule has 1 N–H and O–H groups in total. The third kappa shape index (κ3) is 6.48. The first kappa shape index (κ1) is 19.3. The number of amides is 1. The van der Waals surface area contributed by atoms with E-state index in [2.05, 4.69) is 22.0 Å². The molecule has 1 aromatic rings. The molecule has 0 aromatic heterocycles. The average molecular weight is 374 g/mol. The van der Waals surface area contributed by atoms with E-state index in [9.17, 15) is 4.79 Å². The van der Waals surface area contributed by atoms with Gasteiger partial charge in [0.1, 0.15) is 5.75 Å². The van der Waals surface area contributed by atoms with E-state index in [1.165, 1.54) is 0 Å². The van der Waals surface area contributed by atoms with Crippen LogP contribution in [0.25, 0.3) is 0 Å². The van der Waals surface area contributed by atoms with E-state index < -0.39 is 0 Å². The fourth-order valence-corrected chi connectivity index (χ4v) is 2.98. The van der Waals surface area contributed by atoms with Gasteiger partial charge in [0.25, 0.3) is 5.91 Å². The number of rotatable bonds is 8. The van der Waals surface area contributed by atoms with Gasteiger partial charge in [-0.2, -0.15) is 0 Å². The van der Waals surface area contributed by atoms with Gasteiger partial charge in [-0.3, -0.25) is 4.79 Å². The minimum atomic E-state index is -0.151. The first-order valence-corrected chi connectivity index (χ1v) is 9.13.